The minimum Gasteiger partial charge on any atom is -0.494 e. The largest absolute Gasteiger partial charge is 0.494 e. The number of hydrogen-bond acceptors (Lipinski definition) is 3. The summed E-state index contributed by atoms with van der Waals surface area (Å²) >= 11 is 0. The number of halogens is 1. The molecule has 1 aromatic heterocycles. The van der Waals surface area contributed by atoms with Crippen molar-refractivity contribution in [3.8, 4) is 5.75 Å². The lowest BCUT2D eigenvalue weighted by molar-refractivity contribution is 0.158. The van der Waals surface area contributed by atoms with E-state index in [2.05, 4.69) is 16.0 Å². The smallest absolute Gasteiger partial charge is 0.326 e. The number of rotatable bonds is 5. The van der Waals surface area contributed by atoms with Crippen LogP contribution >= 0.6 is 0 Å². The first kappa shape index (κ1) is 16.6. The van der Waals surface area contributed by atoms with Gasteiger partial charge in [-0.1, -0.05) is 12.1 Å². The molecule has 0 aliphatic carbocycles. The van der Waals surface area contributed by atoms with Crippen molar-refractivity contribution in [2.24, 2.45) is 0 Å². The molecule has 1 saturated heterocycles. The molecular formula is C21H22FN3O2. The van der Waals surface area contributed by atoms with Gasteiger partial charge >= 0.3 is 5.69 Å². The Kier molecular flexibility index (Phi) is 4.01. The third-order valence-electron chi connectivity index (χ3n) is 5.86. The normalized spacial score (nSPS) is 21.5. The molecule has 1 fully saturated rings. The first-order valence-corrected chi connectivity index (χ1v) is 9.54. The summed E-state index contributed by atoms with van der Waals surface area (Å²) in [6.45, 7) is 3.55. The first-order valence-electron chi connectivity index (χ1n) is 9.54. The molecule has 27 heavy (non-hydrogen) atoms. The number of piperidine rings is 1. The van der Waals surface area contributed by atoms with Gasteiger partial charge in [0.05, 0.1) is 17.6 Å². The Hall–Kier alpha value is -2.60. The second kappa shape index (κ2) is 6.53. The fraction of sp³-hybridized carbons (Fsp3) is 0.381. The molecule has 2 aliphatic rings. The predicted molar refractivity (Wildman–Crippen MR) is 102 cm³/mol. The summed E-state index contributed by atoms with van der Waals surface area (Å²) in [5, 5.41) is 0. The Morgan fingerprint density at radius 3 is 2.89 bits per heavy atom. The molecule has 0 spiro atoms. The molecule has 2 atom stereocenters. The van der Waals surface area contributed by atoms with E-state index in [1.165, 1.54) is 17.7 Å². The van der Waals surface area contributed by atoms with Crippen LogP contribution in [0.25, 0.3) is 11.0 Å². The number of para-hydroxylation sites is 1. The van der Waals surface area contributed by atoms with Crippen molar-refractivity contribution < 1.29 is 9.13 Å². The minimum absolute atomic E-state index is 0.0195. The van der Waals surface area contributed by atoms with E-state index in [1.54, 1.807) is 12.1 Å². The Bertz CT molecular complexity index is 1020. The summed E-state index contributed by atoms with van der Waals surface area (Å²) in [6, 6.07) is 12.6. The molecule has 6 heteroatoms. The van der Waals surface area contributed by atoms with Crippen LogP contribution in [0.3, 0.4) is 0 Å². The number of ether oxygens (including phenoxy) is 1. The van der Waals surface area contributed by atoms with Crippen molar-refractivity contribution in [2.75, 3.05) is 26.2 Å². The predicted octanol–water partition coefficient (Wildman–Crippen LogP) is 3.28. The van der Waals surface area contributed by atoms with Gasteiger partial charge in [-0.2, -0.15) is 0 Å². The molecule has 1 N–H and O–H groups in total. The molecule has 5 rings (SSSR count). The van der Waals surface area contributed by atoms with Gasteiger partial charge in [0, 0.05) is 31.6 Å². The summed E-state index contributed by atoms with van der Waals surface area (Å²) in [7, 11) is 0. The van der Waals surface area contributed by atoms with Gasteiger partial charge in [0.2, 0.25) is 0 Å². The highest BCUT2D eigenvalue weighted by molar-refractivity contribution is 5.81. The van der Waals surface area contributed by atoms with E-state index in [-0.39, 0.29) is 17.5 Å². The molecule has 3 heterocycles. The van der Waals surface area contributed by atoms with Crippen LogP contribution in [0.2, 0.25) is 0 Å². The van der Waals surface area contributed by atoms with Gasteiger partial charge in [0.1, 0.15) is 11.6 Å². The van der Waals surface area contributed by atoms with E-state index < -0.39 is 0 Å². The number of nitrogens with one attached hydrogen (secondary N) is 1. The number of imidazole rings is 1. The topological polar surface area (TPSA) is 50.3 Å². The standard InChI is InChI=1S/C21H22FN3O2/c22-14-5-7-15(8-6-14)27-12-2-10-24-11-9-19-17(13-24)16-3-1-4-18-20(16)25(19)21(26)23-18/h1,3-8,17,19H,2,9-13H2,(H,23,26)/t17-,19-/m0/s1. The van der Waals surface area contributed by atoms with Gasteiger partial charge in [0.25, 0.3) is 0 Å². The lowest BCUT2D eigenvalue weighted by atomic mass is 9.88. The molecular weight excluding hydrogens is 345 g/mol. The van der Waals surface area contributed by atoms with Crippen LogP contribution < -0.4 is 10.4 Å². The van der Waals surface area contributed by atoms with Crippen LogP contribution in [0.15, 0.2) is 47.3 Å². The van der Waals surface area contributed by atoms with E-state index in [0.29, 0.717) is 18.3 Å². The summed E-state index contributed by atoms with van der Waals surface area (Å²) in [6.07, 6.45) is 1.91. The van der Waals surface area contributed by atoms with Crippen LogP contribution in [-0.2, 0) is 0 Å². The number of aromatic nitrogens is 2. The minimum atomic E-state index is -0.249. The third kappa shape index (κ3) is 2.84. The van der Waals surface area contributed by atoms with Gasteiger partial charge in [-0.3, -0.25) is 4.57 Å². The Balaban J connectivity index is 1.21. The number of aromatic amines is 1. The first-order chi connectivity index (χ1) is 13.2. The van der Waals surface area contributed by atoms with Gasteiger partial charge < -0.3 is 14.6 Å². The van der Waals surface area contributed by atoms with Crippen molar-refractivity contribution in [3.63, 3.8) is 0 Å². The van der Waals surface area contributed by atoms with Crippen LogP contribution in [0.5, 0.6) is 5.75 Å². The number of nitrogens with zero attached hydrogens (tertiary/aromatic N) is 2. The fourth-order valence-corrected chi connectivity index (χ4v) is 4.66. The van der Waals surface area contributed by atoms with E-state index in [0.717, 1.165) is 43.5 Å². The zero-order chi connectivity index (χ0) is 18.4. The summed E-state index contributed by atoms with van der Waals surface area (Å²) in [4.78, 5) is 17.8. The van der Waals surface area contributed by atoms with Gasteiger partial charge in [0.15, 0.2) is 0 Å². The van der Waals surface area contributed by atoms with Crippen LogP contribution in [0.4, 0.5) is 4.39 Å². The Morgan fingerprint density at radius 2 is 2.04 bits per heavy atom. The average molecular weight is 367 g/mol. The lowest BCUT2D eigenvalue weighted by Gasteiger charge is -2.35. The molecule has 0 saturated carbocycles. The number of hydrogen-bond donors (Lipinski definition) is 1. The summed E-state index contributed by atoms with van der Waals surface area (Å²) in [5.41, 5.74) is 3.36. The van der Waals surface area contributed by atoms with Crippen molar-refractivity contribution in [1.29, 1.82) is 0 Å². The molecule has 0 amide bonds. The Labute approximate surface area is 156 Å². The zero-order valence-corrected chi connectivity index (χ0v) is 15.0. The van der Waals surface area contributed by atoms with Crippen LogP contribution in [0.1, 0.15) is 30.4 Å². The SMILES string of the molecule is O=c1[nH]c2cccc3c2n1[C@H]1CCN(CCCOc2ccc(F)cc2)C[C@@H]31. The molecule has 0 bridgehead atoms. The monoisotopic (exact) mass is 367 g/mol. The van der Waals surface area contributed by atoms with Gasteiger partial charge in [-0.15, -0.1) is 0 Å². The molecule has 0 unspecified atom stereocenters. The van der Waals surface area contributed by atoms with Crippen molar-refractivity contribution in [1.82, 2.24) is 14.5 Å². The lowest BCUT2D eigenvalue weighted by Crippen LogP contribution is -2.40. The fourth-order valence-electron chi connectivity index (χ4n) is 4.66. The summed E-state index contributed by atoms with van der Waals surface area (Å²) in [5.74, 6) is 0.843. The quantitative estimate of drug-likeness (QED) is 0.704. The maximum Gasteiger partial charge on any atom is 0.326 e. The van der Waals surface area contributed by atoms with E-state index in [1.807, 2.05) is 16.7 Å². The van der Waals surface area contributed by atoms with E-state index >= 15 is 0 Å². The number of likely N-dealkylation sites (tertiary alicyclic amines) is 1. The molecule has 3 aromatic rings. The van der Waals surface area contributed by atoms with Crippen molar-refractivity contribution in [2.45, 2.75) is 24.8 Å². The molecule has 2 aliphatic heterocycles. The number of fused-ring (bicyclic) bond motifs is 3. The maximum absolute atomic E-state index is 12.9. The van der Waals surface area contributed by atoms with Gasteiger partial charge in [-0.25, -0.2) is 9.18 Å². The van der Waals surface area contributed by atoms with Crippen LogP contribution in [-0.4, -0.2) is 40.7 Å². The van der Waals surface area contributed by atoms with Crippen LogP contribution in [0, 0.1) is 5.82 Å². The van der Waals surface area contributed by atoms with Crippen molar-refractivity contribution in [3.05, 3.63) is 64.3 Å². The second-order valence-electron chi connectivity index (χ2n) is 7.46. The van der Waals surface area contributed by atoms with E-state index in [9.17, 15) is 9.18 Å². The maximum atomic E-state index is 12.9. The molecule has 5 nitrogen and oxygen atoms in total. The second-order valence-corrected chi connectivity index (χ2v) is 7.46. The molecule has 0 radical (unpaired) electrons. The third-order valence-corrected chi connectivity index (χ3v) is 5.86. The highest BCUT2D eigenvalue weighted by atomic mass is 19.1. The Morgan fingerprint density at radius 1 is 1.19 bits per heavy atom. The molecule has 140 valence electrons. The molecule has 2 aromatic carbocycles. The van der Waals surface area contributed by atoms with Gasteiger partial charge in [-0.05, 0) is 48.7 Å². The van der Waals surface area contributed by atoms with Crippen molar-refractivity contribution >= 4 is 11.0 Å². The van der Waals surface area contributed by atoms with E-state index in [4.69, 9.17) is 4.74 Å². The summed E-state index contributed by atoms with van der Waals surface area (Å²) < 4.78 is 20.6. The zero-order valence-electron chi connectivity index (χ0n) is 15.0. The highest BCUT2D eigenvalue weighted by Crippen LogP contribution is 2.44. The average Bonchev–Trinajstić information content (AvgIpc) is 3.19. The number of benzene rings is 2. The number of H-pyrrole nitrogens is 1. The highest BCUT2D eigenvalue weighted by Gasteiger charge is 2.39.